The van der Waals surface area contributed by atoms with Crippen molar-refractivity contribution in [3.8, 4) is 0 Å². The Morgan fingerprint density at radius 3 is 2.39 bits per heavy atom. The second-order valence-corrected chi connectivity index (χ2v) is 11.1. The Kier molecular flexibility index (Phi) is 8.77. The first-order valence-corrected chi connectivity index (χ1v) is 11.5. The number of hydrogen-bond donors (Lipinski definition) is 0. The molecule has 0 aromatic rings. The van der Waals surface area contributed by atoms with Crippen molar-refractivity contribution in [3.05, 3.63) is 11.6 Å². The number of methoxy groups -OCH3 is 1. The van der Waals surface area contributed by atoms with Gasteiger partial charge in [0.05, 0.1) is 13.2 Å². The lowest BCUT2D eigenvalue weighted by molar-refractivity contribution is -0.140. The van der Waals surface area contributed by atoms with E-state index < -0.39 is 8.32 Å². The van der Waals surface area contributed by atoms with Gasteiger partial charge in [0.25, 0.3) is 0 Å². The highest BCUT2D eigenvalue weighted by molar-refractivity contribution is 6.73. The van der Waals surface area contributed by atoms with Crippen molar-refractivity contribution in [2.45, 2.75) is 83.5 Å². The van der Waals surface area contributed by atoms with Crippen molar-refractivity contribution in [2.75, 3.05) is 7.11 Å². The van der Waals surface area contributed by atoms with E-state index in [0.717, 1.165) is 49.4 Å². The van der Waals surface area contributed by atoms with Crippen LogP contribution in [-0.4, -0.2) is 33.3 Å². The van der Waals surface area contributed by atoms with E-state index in [-0.39, 0.29) is 17.9 Å². The summed E-state index contributed by atoms with van der Waals surface area (Å²) in [5, 5.41) is 0. The third-order valence-electron chi connectivity index (χ3n) is 5.02. The van der Waals surface area contributed by atoms with Gasteiger partial charge in [-0.3, -0.25) is 9.59 Å². The summed E-state index contributed by atoms with van der Waals surface area (Å²) in [7, 11) is -0.237. The molecule has 4 nitrogen and oxygen atoms in total. The molecule has 0 radical (unpaired) electrons. The van der Waals surface area contributed by atoms with Crippen molar-refractivity contribution >= 4 is 20.1 Å². The van der Waals surface area contributed by atoms with Crippen LogP contribution in [0.15, 0.2) is 11.6 Å². The molecule has 1 unspecified atom stereocenters. The first-order chi connectivity index (χ1) is 11.0. The largest absolute Gasteiger partial charge is 0.469 e. The lowest BCUT2D eigenvalue weighted by Crippen LogP contribution is -2.39. The van der Waals surface area contributed by atoms with Gasteiger partial charge in [0.15, 0.2) is 14.1 Å². The van der Waals surface area contributed by atoms with E-state index in [4.69, 9.17) is 4.43 Å². The van der Waals surface area contributed by atoms with Gasteiger partial charge in [-0.2, -0.15) is 0 Å². The Labute approximate surface area is 141 Å². The highest BCUT2D eigenvalue weighted by atomic mass is 28.4. The third kappa shape index (κ3) is 6.22. The van der Waals surface area contributed by atoms with Crippen LogP contribution in [0.4, 0.5) is 0 Å². The molecule has 0 spiro atoms. The number of carbonyl (C=O) groups is 2. The Morgan fingerprint density at radius 1 is 1.17 bits per heavy atom. The molecule has 132 valence electrons. The summed E-state index contributed by atoms with van der Waals surface area (Å²) in [6.07, 6.45) is 6.57. The number of ether oxygens (including phenoxy) is 1. The van der Waals surface area contributed by atoms with Gasteiger partial charge in [0, 0.05) is 12.8 Å². The van der Waals surface area contributed by atoms with Crippen molar-refractivity contribution < 1.29 is 18.8 Å². The average Bonchev–Trinajstić information content (AvgIpc) is 2.91. The summed E-state index contributed by atoms with van der Waals surface area (Å²) < 4.78 is 11.0. The van der Waals surface area contributed by atoms with Crippen LogP contribution in [0.5, 0.6) is 0 Å². The zero-order valence-corrected chi connectivity index (χ0v) is 16.2. The highest BCUT2D eigenvalue weighted by Crippen LogP contribution is 2.29. The molecule has 1 aliphatic carbocycles. The fraction of sp³-hybridized carbons (Fsp3) is 0.778. The molecule has 0 saturated carbocycles. The highest BCUT2D eigenvalue weighted by Gasteiger charge is 2.34. The van der Waals surface area contributed by atoms with Gasteiger partial charge in [0.1, 0.15) is 0 Å². The van der Waals surface area contributed by atoms with Gasteiger partial charge < -0.3 is 9.16 Å². The summed E-state index contributed by atoms with van der Waals surface area (Å²) in [4.78, 5) is 23.2. The van der Waals surface area contributed by atoms with E-state index in [9.17, 15) is 9.59 Å². The van der Waals surface area contributed by atoms with Gasteiger partial charge in [0.2, 0.25) is 0 Å². The molecular weight excluding hydrogens is 308 g/mol. The first kappa shape index (κ1) is 20.1. The number of unbranched alkanes of at least 4 members (excludes halogenated alkanes) is 2. The lowest BCUT2D eigenvalue weighted by atomic mass is 10.1. The van der Waals surface area contributed by atoms with E-state index in [1.54, 1.807) is 0 Å². The molecule has 0 aliphatic heterocycles. The average molecular weight is 341 g/mol. The predicted octanol–water partition coefficient (Wildman–Crippen LogP) is 4.40. The summed E-state index contributed by atoms with van der Waals surface area (Å²) >= 11 is 0. The maximum Gasteiger partial charge on any atom is 0.305 e. The van der Waals surface area contributed by atoms with Crippen molar-refractivity contribution in [1.29, 1.82) is 0 Å². The molecule has 0 heterocycles. The molecule has 23 heavy (non-hydrogen) atoms. The molecule has 0 fully saturated rings. The summed E-state index contributed by atoms with van der Waals surface area (Å²) in [6, 6.07) is 3.34. The van der Waals surface area contributed by atoms with Crippen LogP contribution >= 0.6 is 0 Å². The van der Waals surface area contributed by atoms with E-state index in [2.05, 4.69) is 31.6 Å². The Hall–Kier alpha value is -0.943. The normalized spacial score (nSPS) is 18.2. The molecule has 0 aromatic carbocycles. The van der Waals surface area contributed by atoms with Gasteiger partial charge in [-0.25, -0.2) is 0 Å². The first-order valence-electron chi connectivity index (χ1n) is 8.98. The minimum Gasteiger partial charge on any atom is -0.469 e. The molecule has 5 heteroatoms. The number of allylic oxidation sites excluding steroid dienone is 1. The molecular formula is C18H32O4Si. The van der Waals surface area contributed by atoms with Crippen LogP contribution in [0.1, 0.15) is 59.3 Å². The van der Waals surface area contributed by atoms with Gasteiger partial charge >= 0.3 is 5.97 Å². The number of rotatable bonds is 11. The number of carbonyl (C=O) groups excluding carboxylic acids is 2. The minimum atomic E-state index is -1.65. The predicted molar refractivity (Wildman–Crippen MR) is 94.9 cm³/mol. The van der Waals surface area contributed by atoms with E-state index in [0.29, 0.717) is 12.8 Å². The lowest BCUT2D eigenvalue weighted by Gasteiger charge is -2.30. The second kappa shape index (κ2) is 10.0. The van der Waals surface area contributed by atoms with Crippen LogP contribution in [0.25, 0.3) is 0 Å². The maximum absolute atomic E-state index is 12.1. The van der Waals surface area contributed by atoms with Gasteiger partial charge in [-0.05, 0) is 49.0 Å². The Morgan fingerprint density at radius 2 is 1.83 bits per heavy atom. The number of esters is 1. The number of hydrogen-bond acceptors (Lipinski definition) is 4. The van der Waals surface area contributed by atoms with Gasteiger partial charge in [-0.1, -0.05) is 27.2 Å². The van der Waals surface area contributed by atoms with Crippen molar-refractivity contribution in [2.24, 2.45) is 0 Å². The van der Waals surface area contributed by atoms with Crippen LogP contribution in [0, 0.1) is 0 Å². The topological polar surface area (TPSA) is 52.6 Å². The van der Waals surface area contributed by atoms with Crippen LogP contribution in [0.2, 0.25) is 18.1 Å². The summed E-state index contributed by atoms with van der Waals surface area (Å²) in [6.45, 7) is 6.63. The second-order valence-electron chi connectivity index (χ2n) is 6.36. The zero-order chi connectivity index (χ0) is 17.3. The molecule has 0 bridgehead atoms. The third-order valence-corrected chi connectivity index (χ3v) is 9.69. The van der Waals surface area contributed by atoms with E-state index in [1.807, 2.05) is 0 Å². The molecule has 0 saturated heterocycles. The zero-order valence-electron chi connectivity index (χ0n) is 15.2. The molecule has 1 atom stereocenters. The molecule has 0 aromatic heterocycles. The quantitative estimate of drug-likeness (QED) is 0.318. The van der Waals surface area contributed by atoms with Crippen LogP contribution in [-0.2, 0) is 18.8 Å². The van der Waals surface area contributed by atoms with Gasteiger partial charge in [-0.15, -0.1) is 0 Å². The number of ketones is 1. The molecule has 0 N–H and O–H groups in total. The summed E-state index contributed by atoms with van der Waals surface area (Å²) in [5.41, 5.74) is 0.930. The maximum atomic E-state index is 12.1. The van der Waals surface area contributed by atoms with E-state index >= 15 is 0 Å². The summed E-state index contributed by atoms with van der Waals surface area (Å²) in [5.74, 6) is 0.0868. The van der Waals surface area contributed by atoms with Crippen LogP contribution in [0.3, 0.4) is 0 Å². The van der Waals surface area contributed by atoms with E-state index in [1.165, 1.54) is 7.11 Å². The standard InChI is InChI=1S/C18H32O4Si/c1-5-23(6-2,7-3)22-16-13-15(17(19)14-16)11-9-8-10-12-18(20)21-4/h13,16H,5-12,14H2,1-4H3. The Balaban J connectivity index is 2.42. The molecule has 0 amide bonds. The minimum absolute atomic E-state index is 0.000846. The molecule has 1 rings (SSSR count). The Bertz CT molecular complexity index is 418. The monoisotopic (exact) mass is 340 g/mol. The van der Waals surface area contributed by atoms with Crippen LogP contribution < -0.4 is 0 Å². The number of Topliss-reactive ketones (excluding diaryl/α,β-unsaturated/α-hetero) is 1. The fourth-order valence-corrected chi connectivity index (χ4v) is 5.97. The molecule has 1 aliphatic rings. The van der Waals surface area contributed by atoms with Crippen molar-refractivity contribution in [1.82, 2.24) is 0 Å². The fourth-order valence-electron chi connectivity index (χ4n) is 3.17. The SMILES string of the molecule is CC[Si](CC)(CC)OC1C=C(CCCCCC(=O)OC)C(=O)C1. The smallest absolute Gasteiger partial charge is 0.305 e. The van der Waals surface area contributed by atoms with Crippen molar-refractivity contribution in [3.63, 3.8) is 0 Å².